The number of benzene rings is 2. The number of hydrogen-bond acceptors (Lipinski definition) is 3. The van der Waals surface area contributed by atoms with Crippen LogP contribution >= 0.6 is 0 Å². The Morgan fingerprint density at radius 1 is 1.00 bits per heavy atom. The minimum absolute atomic E-state index is 0.000880. The normalized spacial score (nSPS) is 20.9. The van der Waals surface area contributed by atoms with E-state index in [-0.39, 0.29) is 6.04 Å². The predicted octanol–water partition coefficient (Wildman–Crippen LogP) is 3.19. The summed E-state index contributed by atoms with van der Waals surface area (Å²) in [7, 11) is 0. The van der Waals surface area contributed by atoms with Gasteiger partial charge in [0.2, 0.25) is 0 Å². The third kappa shape index (κ3) is 2.18. The monoisotopic (exact) mass is 281 g/mol. The Morgan fingerprint density at radius 2 is 1.86 bits per heavy atom. The molecule has 2 heterocycles. The van der Waals surface area contributed by atoms with Crippen molar-refractivity contribution in [3.8, 4) is 11.5 Å². The van der Waals surface area contributed by atoms with Gasteiger partial charge in [0.15, 0.2) is 0 Å². The molecule has 0 saturated carbocycles. The number of hydrogen-bond donors (Lipinski definition) is 1. The Hall–Kier alpha value is -2.00. The molecule has 21 heavy (non-hydrogen) atoms. The van der Waals surface area contributed by atoms with Crippen LogP contribution in [0.1, 0.15) is 35.1 Å². The van der Waals surface area contributed by atoms with E-state index in [0.29, 0.717) is 5.92 Å². The molecule has 2 unspecified atom stereocenters. The second kappa shape index (κ2) is 5.08. The summed E-state index contributed by atoms with van der Waals surface area (Å²) in [5, 5.41) is 0. The topological polar surface area (TPSA) is 44.5 Å². The van der Waals surface area contributed by atoms with Gasteiger partial charge in [0, 0.05) is 18.4 Å². The highest BCUT2D eigenvalue weighted by Crippen LogP contribution is 2.41. The van der Waals surface area contributed by atoms with Gasteiger partial charge in [-0.05, 0) is 35.2 Å². The Bertz CT molecular complexity index is 668. The van der Waals surface area contributed by atoms with Gasteiger partial charge in [0.1, 0.15) is 11.5 Å². The molecule has 2 aromatic rings. The average Bonchev–Trinajstić information content (AvgIpc) is 3.01. The van der Waals surface area contributed by atoms with Crippen LogP contribution in [0.25, 0.3) is 0 Å². The van der Waals surface area contributed by atoms with Crippen molar-refractivity contribution in [3.05, 3.63) is 59.2 Å². The van der Waals surface area contributed by atoms with Crippen molar-refractivity contribution < 1.29 is 9.47 Å². The van der Waals surface area contributed by atoms with Gasteiger partial charge in [0.05, 0.1) is 13.2 Å². The highest BCUT2D eigenvalue weighted by atomic mass is 16.5. The molecule has 0 aromatic heterocycles. The molecular weight excluding hydrogens is 262 g/mol. The lowest BCUT2D eigenvalue weighted by Gasteiger charge is -2.30. The summed E-state index contributed by atoms with van der Waals surface area (Å²) in [5.74, 6) is 2.31. The molecule has 0 radical (unpaired) electrons. The molecule has 2 N–H and O–H groups in total. The van der Waals surface area contributed by atoms with Crippen molar-refractivity contribution in [2.24, 2.45) is 5.73 Å². The molecule has 4 rings (SSSR count). The van der Waals surface area contributed by atoms with Crippen molar-refractivity contribution in [2.45, 2.75) is 24.8 Å². The minimum atomic E-state index is 0.000880. The number of rotatable bonds is 2. The maximum Gasteiger partial charge on any atom is 0.122 e. The zero-order chi connectivity index (χ0) is 14.2. The summed E-state index contributed by atoms with van der Waals surface area (Å²) in [6.45, 7) is 1.53. The second-order valence-electron chi connectivity index (χ2n) is 5.77. The second-order valence-corrected chi connectivity index (χ2v) is 5.77. The molecule has 2 aliphatic heterocycles. The van der Waals surface area contributed by atoms with Crippen LogP contribution in [0.2, 0.25) is 0 Å². The quantitative estimate of drug-likeness (QED) is 0.919. The summed E-state index contributed by atoms with van der Waals surface area (Å²) < 4.78 is 11.3. The average molecular weight is 281 g/mol. The first-order chi connectivity index (χ1) is 10.3. The standard InChI is InChI=1S/C18H19NO2/c19-18(13-5-6-16-12(11-13)7-9-20-16)15-8-10-21-17-4-2-1-3-14(15)17/h1-6,11,15,18H,7-10,19H2. The molecule has 0 bridgehead atoms. The Kier molecular flexibility index (Phi) is 3.08. The molecule has 2 aliphatic rings. The number of para-hydroxylation sites is 1. The first kappa shape index (κ1) is 12.7. The van der Waals surface area contributed by atoms with E-state index in [1.165, 1.54) is 16.7 Å². The van der Waals surface area contributed by atoms with Crippen molar-refractivity contribution in [2.75, 3.05) is 13.2 Å². The molecule has 0 saturated heterocycles. The largest absolute Gasteiger partial charge is 0.493 e. The van der Waals surface area contributed by atoms with Crippen LogP contribution in [-0.4, -0.2) is 13.2 Å². The fraction of sp³-hybridized carbons (Fsp3) is 0.333. The molecule has 0 spiro atoms. The fourth-order valence-corrected chi connectivity index (χ4v) is 3.39. The van der Waals surface area contributed by atoms with Gasteiger partial charge in [-0.1, -0.05) is 30.3 Å². The molecule has 0 amide bonds. The van der Waals surface area contributed by atoms with Gasteiger partial charge < -0.3 is 15.2 Å². The van der Waals surface area contributed by atoms with E-state index in [4.69, 9.17) is 15.2 Å². The van der Waals surface area contributed by atoms with Crippen LogP contribution in [0.4, 0.5) is 0 Å². The summed E-state index contributed by atoms with van der Waals surface area (Å²) in [4.78, 5) is 0. The maximum absolute atomic E-state index is 6.58. The van der Waals surface area contributed by atoms with Crippen LogP contribution < -0.4 is 15.2 Å². The number of fused-ring (bicyclic) bond motifs is 2. The Balaban J connectivity index is 1.68. The van der Waals surface area contributed by atoms with Gasteiger partial charge in [-0.2, -0.15) is 0 Å². The van der Waals surface area contributed by atoms with Crippen molar-refractivity contribution in [3.63, 3.8) is 0 Å². The Labute approximate surface area is 124 Å². The Morgan fingerprint density at radius 3 is 2.81 bits per heavy atom. The summed E-state index contributed by atoms with van der Waals surface area (Å²) >= 11 is 0. The summed E-state index contributed by atoms with van der Waals surface area (Å²) in [6.07, 6.45) is 1.95. The van der Waals surface area contributed by atoms with E-state index in [2.05, 4.69) is 30.3 Å². The molecule has 3 heteroatoms. The van der Waals surface area contributed by atoms with E-state index in [1.54, 1.807) is 0 Å². The lowest BCUT2D eigenvalue weighted by atomic mass is 9.83. The van der Waals surface area contributed by atoms with Crippen LogP contribution in [-0.2, 0) is 6.42 Å². The molecule has 3 nitrogen and oxygen atoms in total. The predicted molar refractivity (Wildman–Crippen MR) is 81.9 cm³/mol. The highest BCUT2D eigenvalue weighted by molar-refractivity contribution is 5.44. The first-order valence-electron chi connectivity index (χ1n) is 7.56. The third-order valence-electron chi connectivity index (χ3n) is 4.54. The van der Waals surface area contributed by atoms with E-state index in [1.807, 2.05) is 12.1 Å². The summed E-state index contributed by atoms with van der Waals surface area (Å²) in [5.41, 5.74) is 10.3. The molecular formula is C18H19NO2. The minimum Gasteiger partial charge on any atom is -0.493 e. The van der Waals surface area contributed by atoms with E-state index in [9.17, 15) is 0 Å². The summed E-state index contributed by atoms with van der Waals surface area (Å²) in [6, 6.07) is 14.6. The lowest BCUT2D eigenvalue weighted by Crippen LogP contribution is -2.25. The van der Waals surface area contributed by atoms with E-state index in [0.717, 1.165) is 37.6 Å². The lowest BCUT2D eigenvalue weighted by molar-refractivity contribution is 0.255. The third-order valence-corrected chi connectivity index (χ3v) is 4.54. The first-order valence-corrected chi connectivity index (χ1v) is 7.56. The molecule has 0 fully saturated rings. The highest BCUT2D eigenvalue weighted by Gasteiger charge is 2.28. The van der Waals surface area contributed by atoms with Crippen molar-refractivity contribution >= 4 is 0 Å². The molecule has 0 aliphatic carbocycles. The van der Waals surface area contributed by atoms with Crippen molar-refractivity contribution in [1.82, 2.24) is 0 Å². The molecule has 2 aromatic carbocycles. The van der Waals surface area contributed by atoms with Crippen molar-refractivity contribution in [1.29, 1.82) is 0 Å². The van der Waals surface area contributed by atoms with Crippen LogP contribution in [0.15, 0.2) is 42.5 Å². The van der Waals surface area contributed by atoms with Gasteiger partial charge in [-0.25, -0.2) is 0 Å². The fourth-order valence-electron chi connectivity index (χ4n) is 3.39. The van der Waals surface area contributed by atoms with E-state index >= 15 is 0 Å². The maximum atomic E-state index is 6.58. The smallest absolute Gasteiger partial charge is 0.122 e. The van der Waals surface area contributed by atoms with Gasteiger partial charge in [-0.15, -0.1) is 0 Å². The van der Waals surface area contributed by atoms with Gasteiger partial charge >= 0.3 is 0 Å². The molecule has 2 atom stereocenters. The molecule has 108 valence electrons. The number of nitrogens with two attached hydrogens (primary N) is 1. The SMILES string of the molecule is NC(c1ccc2c(c1)CCO2)C1CCOc2ccccc21. The zero-order valence-electron chi connectivity index (χ0n) is 11.9. The van der Waals surface area contributed by atoms with Crippen LogP contribution in [0, 0.1) is 0 Å². The van der Waals surface area contributed by atoms with Crippen LogP contribution in [0.3, 0.4) is 0 Å². The van der Waals surface area contributed by atoms with Crippen LogP contribution in [0.5, 0.6) is 11.5 Å². The number of ether oxygens (including phenoxy) is 2. The van der Waals surface area contributed by atoms with Gasteiger partial charge in [-0.3, -0.25) is 0 Å². The van der Waals surface area contributed by atoms with Gasteiger partial charge in [0.25, 0.3) is 0 Å². The zero-order valence-corrected chi connectivity index (χ0v) is 11.9. The van der Waals surface area contributed by atoms with E-state index < -0.39 is 0 Å².